The first-order chi connectivity index (χ1) is 14.1. The van der Waals surface area contributed by atoms with Crippen molar-refractivity contribution >= 4 is 78.3 Å². The quantitative estimate of drug-likeness (QED) is 0.292. The van der Waals surface area contributed by atoms with Gasteiger partial charge in [-0.15, -0.1) is 11.3 Å². The molecule has 3 nitrogen and oxygen atoms in total. The molecule has 0 unspecified atom stereocenters. The van der Waals surface area contributed by atoms with E-state index in [2.05, 4.69) is 15.6 Å². The van der Waals surface area contributed by atoms with E-state index in [1.54, 1.807) is 23.1 Å². The van der Waals surface area contributed by atoms with Crippen LogP contribution in [0, 0.1) is 0 Å². The minimum Gasteiger partial charge on any atom is -0.390 e. The smallest absolute Gasteiger partial charge is 0.151 e. The number of aliphatic hydroxyl groups is 1. The number of rotatable bonds is 5. The maximum absolute atomic E-state index is 10.8. The van der Waals surface area contributed by atoms with E-state index >= 15 is 0 Å². The first kappa shape index (κ1) is 19.2. The summed E-state index contributed by atoms with van der Waals surface area (Å²) in [5, 5.41) is 14.2. The van der Waals surface area contributed by atoms with Gasteiger partial charge in [-0.25, -0.2) is 4.98 Å². The predicted octanol–water partition coefficient (Wildman–Crippen LogP) is 6.86. The van der Waals surface area contributed by atoms with Crippen LogP contribution in [0.15, 0.2) is 65.0 Å². The van der Waals surface area contributed by atoms with E-state index in [1.165, 1.54) is 4.70 Å². The monoisotopic (exact) mass is 458 g/mol. The normalized spacial score (nSPS) is 12.9. The van der Waals surface area contributed by atoms with Crippen molar-refractivity contribution in [3.8, 4) is 0 Å². The lowest BCUT2D eigenvalue weighted by Gasteiger charge is -2.13. The first-order valence-corrected chi connectivity index (χ1v) is 11.7. The predicted molar refractivity (Wildman–Crippen MR) is 126 cm³/mol. The minimum absolute atomic E-state index is 0.487. The third kappa shape index (κ3) is 3.74. The van der Waals surface area contributed by atoms with Gasteiger partial charge in [0.05, 0.1) is 22.9 Å². The van der Waals surface area contributed by atoms with E-state index < -0.39 is 6.10 Å². The van der Waals surface area contributed by atoms with Gasteiger partial charge in [0, 0.05) is 37.6 Å². The van der Waals surface area contributed by atoms with Crippen molar-refractivity contribution < 1.29 is 5.11 Å². The van der Waals surface area contributed by atoms with Crippen LogP contribution in [0.5, 0.6) is 0 Å². The second kappa shape index (κ2) is 7.82. The number of hydrogen-bond acceptors (Lipinski definition) is 4. The first-order valence-electron chi connectivity index (χ1n) is 9.12. The average molecular weight is 459 g/mol. The molecule has 7 heteroatoms. The molecule has 2 heterocycles. The number of para-hydroxylation sites is 1. The number of thioether (sulfide) groups is 1. The Kier molecular flexibility index (Phi) is 5.18. The third-order valence-corrected chi connectivity index (χ3v) is 7.65. The Morgan fingerprint density at radius 3 is 2.28 bits per heavy atom. The van der Waals surface area contributed by atoms with Crippen LogP contribution in [0.25, 0.3) is 32.0 Å². The summed E-state index contributed by atoms with van der Waals surface area (Å²) >= 11 is 15.7. The summed E-state index contributed by atoms with van der Waals surface area (Å²) in [5.74, 6) is 0.572. The SMILES string of the molecule is O[C@@H](CSc1nc2ccccc2s1)Cn1c2ccc(Cl)cc2c2cc(Cl)ccc21. The number of halogens is 2. The topological polar surface area (TPSA) is 38.1 Å². The molecule has 0 spiro atoms. The van der Waals surface area contributed by atoms with E-state index in [-0.39, 0.29) is 0 Å². The molecule has 5 rings (SSSR count). The van der Waals surface area contributed by atoms with E-state index in [9.17, 15) is 5.11 Å². The Balaban J connectivity index is 1.42. The zero-order valence-corrected chi connectivity index (χ0v) is 18.3. The number of nitrogens with zero attached hydrogens (tertiary/aromatic N) is 2. The van der Waals surface area contributed by atoms with Crippen LogP contribution in [-0.4, -0.2) is 26.5 Å². The Bertz CT molecular complexity index is 1250. The standard InChI is InChI=1S/C22H16Cl2N2OS2/c23-13-5-7-19-16(9-13)17-10-14(24)6-8-20(17)26(19)11-15(27)12-28-22-25-18-3-1-2-4-21(18)29-22/h1-10,15,27H,11-12H2/t15-/m1/s1. The van der Waals surface area contributed by atoms with Gasteiger partial charge in [0.1, 0.15) is 0 Å². The van der Waals surface area contributed by atoms with Crippen LogP contribution in [0.3, 0.4) is 0 Å². The van der Waals surface area contributed by atoms with Crippen molar-refractivity contribution in [1.82, 2.24) is 9.55 Å². The number of aromatic nitrogens is 2. The van der Waals surface area contributed by atoms with Gasteiger partial charge >= 0.3 is 0 Å². The molecule has 0 bridgehead atoms. The largest absolute Gasteiger partial charge is 0.390 e. The van der Waals surface area contributed by atoms with Crippen LogP contribution in [0.2, 0.25) is 10.0 Å². The third-order valence-electron chi connectivity index (χ3n) is 4.86. The summed E-state index contributed by atoms with van der Waals surface area (Å²) < 4.78 is 4.28. The van der Waals surface area contributed by atoms with Crippen LogP contribution in [-0.2, 0) is 6.54 Å². The average Bonchev–Trinajstić information content (AvgIpc) is 3.25. The van der Waals surface area contributed by atoms with Crippen LogP contribution in [0.1, 0.15) is 0 Å². The lowest BCUT2D eigenvalue weighted by atomic mass is 10.1. The van der Waals surface area contributed by atoms with E-state index in [0.29, 0.717) is 22.3 Å². The minimum atomic E-state index is -0.517. The summed E-state index contributed by atoms with van der Waals surface area (Å²) in [5.41, 5.74) is 3.08. The summed E-state index contributed by atoms with van der Waals surface area (Å²) in [4.78, 5) is 4.64. The number of benzene rings is 3. The summed E-state index contributed by atoms with van der Waals surface area (Å²) in [6.07, 6.45) is -0.517. The van der Waals surface area contributed by atoms with Gasteiger partial charge in [0.15, 0.2) is 4.34 Å². The van der Waals surface area contributed by atoms with Crippen molar-refractivity contribution in [2.45, 2.75) is 17.0 Å². The Morgan fingerprint density at radius 2 is 1.62 bits per heavy atom. The molecule has 0 amide bonds. The van der Waals surface area contributed by atoms with Crippen LogP contribution < -0.4 is 0 Å². The van der Waals surface area contributed by atoms with Crippen molar-refractivity contribution in [2.24, 2.45) is 0 Å². The van der Waals surface area contributed by atoms with Crippen LogP contribution in [0.4, 0.5) is 0 Å². The highest BCUT2D eigenvalue weighted by atomic mass is 35.5. The van der Waals surface area contributed by atoms with Gasteiger partial charge in [-0.05, 0) is 48.5 Å². The summed E-state index contributed by atoms with van der Waals surface area (Å²) in [6, 6.07) is 19.8. The van der Waals surface area contributed by atoms with Crippen LogP contribution >= 0.6 is 46.3 Å². The number of thiazole rings is 1. The Hall–Kier alpha value is -1.76. The zero-order valence-electron chi connectivity index (χ0n) is 15.2. The summed E-state index contributed by atoms with van der Waals surface area (Å²) in [7, 11) is 0. The molecule has 1 N–H and O–H groups in total. The number of hydrogen-bond donors (Lipinski definition) is 1. The molecule has 0 fully saturated rings. The van der Waals surface area contributed by atoms with Crippen molar-refractivity contribution in [2.75, 3.05) is 5.75 Å². The molecule has 146 valence electrons. The maximum Gasteiger partial charge on any atom is 0.151 e. The molecule has 0 radical (unpaired) electrons. The molecule has 3 aromatic carbocycles. The molecule has 0 aliphatic carbocycles. The van der Waals surface area contributed by atoms with Gasteiger partial charge in [-0.3, -0.25) is 0 Å². The van der Waals surface area contributed by atoms with Crippen molar-refractivity contribution in [3.63, 3.8) is 0 Å². The number of aliphatic hydroxyl groups excluding tert-OH is 1. The molecule has 2 aromatic heterocycles. The molecule has 0 aliphatic rings. The molecule has 1 atom stereocenters. The second-order valence-electron chi connectivity index (χ2n) is 6.85. The molecule has 0 aliphatic heterocycles. The molecule has 29 heavy (non-hydrogen) atoms. The fourth-order valence-electron chi connectivity index (χ4n) is 3.59. The number of fused-ring (bicyclic) bond motifs is 4. The lowest BCUT2D eigenvalue weighted by molar-refractivity contribution is 0.181. The maximum atomic E-state index is 10.8. The molecule has 5 aromatic rings. The molecule has 0 saturated carbocycles. The fourth-order valence-corrected chi connectivity index (χ4v) is 5.94. The van der Waals surface area contributed by atoms with E-state index in [1.807, 2.05) is 54.6 Å². The molecular formula is C22H16Cl2N2OS2. The van der Waals surface area contributed by atoms with Gasteiger partial charge < -0.3 is 9.67 Å². The highest BCUT2D eigenvalue weighted by Crippen LogP contribution is 2.34. The van der Waals surface area contributed by atoms with Gasteiger partial charge in [-0.2, -0.15) is 0 Å². The molecule has 0 saturated heterocycles. The van der Waals surface area contributed by atoms with Gasteiger partial charge in [0.25, 0.3) is 0 Å². The Labute approximate surface area is 185 Å². The highest BCUT2D eigenvalue weighted by molar-refractivity contribution is 8.01. The van der Waals surface area contributed by atoms with Gasteiger partial charge in [-0.1, -0.05) is 47.1 Å². The fraction of sp³-hybridized carbons (Fsp3) is 0.136. The highest BCUT2D eigenvalue weighted by Gasteiger charge is 2.16. The van der Waals surface area contributed by atoms with Gasteiger partial charge in [0.2, 0.25) is 0 Å². The molecular weight excluding hydrogens is 443 g/mol. The van der Waals surface area contributed by atoms with E-state index in [0.717, 1.165) is 31.7 Å². The summed E-state index contributed by atoms with van der Waals surface area (Å²) in [6.45, 7) is 0.487. The van der Waals surface area contributed by atoms with Crippen molar-refractivity contribution in [3.05, 3.63) is 70.7 Å². The van der Waals surface area contributed by atoms with E-state index in [4.69, 9.17) is 23.2 Å². The second-order valence-corrected chi connectivity index (χ2v) is 10.0. The van der Waals surface area contributed by atoms with Crippen molar-refractivity contribution in [1.29, 1.82) is 0 Å². The lowest BCUT2D eigenvalue weighted by Crippen LogP contribution is -2.18. The Morgan fingerprint density at radius 1 is 0.966 bits per heavy atom. The zero-order chi connectivity index (χ0) is 20.0.